The molecular formula is C20H21N4O2+. The fourth-order valence-corrected chi connectivity index (χ4v) is 3.47. The number of hydrogen-bond acceptors (Lipinski definition) is 3. The summed E-state index contributed by atoms with van der Waals surface area (Å²) in [5, 5.41) is 3.31. The van der Waals surface area contributed by atoms with Gasteiger partial charge in [-0.3, -0.25) is 9.78 Å². The summed E-state index contributed by atoms with van der Waals surface area (Å²) < 4.78 is 1.56. The predicted molar refractivity (Wildman–Crippen MR) is 101 cm³/mol. The largest absolute Gasteiger partial charge is 0.334 e. The van der Waals surface area contributed by atoms with Crippen molar-refractivity contribution in [2.75, 3.05) is 12.0 Å². The van der Waals surface area contributed by atoms with Crippen molar-refractivity contribution >= 4 is 5.82 Å². The molecule has 3 aromatic rings. The highest BCUT2D eigenvalue weighted by molar-refractivity contribution is 5.51. The molecule has 0 radical (unpaired) electrons. The minimum Gasteiger partial charge on any atom is -0.324 e. The normalized spacial score (nSPS) is 16.0. The van der Waals surface area contributed by atoms with E-state index in [1.54, 1.807) is 4.57 Å². The number of hydrogen-bond donors (Lipinski definition) is 3. The molecule has 0 bridgehead atoms. The van der Waals surface area contributed by atoms with E-state index in [0.29, 0.717) is 24.6 Å². The minimum absolute atomic E-state index is 0.313. The Hall–Kier alpha value is -3.12. The molecule has 0 fully saturated rings. The van der Waals surface area contributed by atoms with Gasteiger partial charge in [-0.1, -0.05) is 42.5 Å². The van der Waals surface area contributed by atoms with Crippen LogP contribution in [0.1, 0.15) is 16.7 Å². The van der Waals surface area contributed by atoms with Gasteiger partial charge in [0.25, 0.3) is 5.56 Å². The van der Waals surface area contributed by atoms with Crippen LogP contribution < -0.4 is 21.5 Å². The molecule has 2 aromatic carbocycles. The van der Waals surface area contributed by atoms with Gasteiger partial charge in [-0.05, 0) is 24.6 Å². The Morgan fingerprint density at radius 3 is 2.65 bits per heavy atom. The fraction of sp³-hybridized carbons (Fsp3) is 0.200. The summed E-state index contributed by atoms with van der Waals surface area (Å²) in [6.07, 6.45) is 0. The Balaban J connectivity index is 1.73. The summed E-state index contributed by atoms with van der Waals surface area (Å²) in [5.74, 6) is 0.598. The van der Waals surface area contributed by atoms with Crippen LogP contribution in [0.5, 0.6) is 0 Å². The van der Waals surface area contributed by atoms with Gasteiger partial charge in [-0.15, -0.1) is 0 Å². The van der Waals surface area contributed by atoms with Crippen LogP contribution in [0.25, 0.3) is 5.69 Å². The van der Waals surface area contributed by atoms with E-state index in [9.17, 15) is 9.59 Å². The summed E-state index contributed by atoms with van der Waals surface area (Å²) in [6, 6.07) is 17.9. The van der Waals surface area contributed by atoms with Crippen LogP contribution in [0.15, 0.2) is 64.2 Å². The molecule has 0 saturated heterocycles. The van der Waals surface area contributed by atoms with E-state index in [4.69, 9.17) is 0 Å². The number of nitrogens with zero attached hydrogens (tertiary/aromatic N) is 1. The average molecular weight is 349 g/mol. The van der Waals surface area contributed by atoms with E-state index >= 15 is 0 Å². The molecule has 0 spiro atoms. The van der Waals surface area contributed by atoms with Crippen molar-refractivity contribution in [3.8, 4) is 5.69 Å². The molecule has 1 unspecified atom stereocenters. The average Bonchev–Trinajstić information content (AvgIpc) is 2.63. The van der Waals surface area contributed by atoms with Crippen molar-refractivity contribution in [3.63, 3.8) is 0 Å². The number of quaternary nitrogens is 1. The standard InChI is InChI=1S/C20H20N4O2/c1-14-6-5-9-16(10-14)24-18-17(19(25)22-20(24)26)12-23(13-21-18)11-15-7-3-2-4-8-15/h2-10,21H,11-13H2,1H3,(H,22,25,26)/p+1. The molecule has 1 aromatic heterocycles. The Morgan fingerprint density at radius 2 is 1.88 bits per heavy atom. The molecule has 6 heteroatoms. The lowest BCUT2D eigenvalue weighted by Gasteiger charge is -2.28. The van der Waals surface area contributed by atoms with Gasteiger partial charge in [-0.25, -0.2) is 9.36 Å². The summed E-state index contributed by atoms with van der Waals surface area (Å²) in [6.45, 7) is 4.01. The van der Waals surface area contributed by atoms with Crippen LogP contribution in [-0.4, -0.2) is 16.2 Å². The molecule has 1 atom stereocenters. The second kappa shape index (κ2) is 6.65. The van der Waals surface area contributed by atoms with E-state index in [1.165, 1.54) is 10.5 Å². The van der Waals surface area contributed by atoms with Gasteiger partial charge in [-0.2, -0.15) is 0 Å². The Labute approximate surface area is 150 Å². The van der Waals surface area contributed by atoms with Gasteiger partial charge in [0, 0.05) is 5.56 Å². The number of nitrogens with one attached hydrogen (secondary N) is 3. The lowest BCUT2D eigenvalue weighted by Crippen LogP contribution is -3.11. The van der Waals surface area contributed by atoms with Crippen LogP contribution in [0.4, 0.5) is 5.82 Å². The number of H-pyrrole nitrogens is 1. The van der Waals surface area contributed by atoms with Crippen molar-refractivity contribution in [1.29, 1.82) is 0 Å². The highest BCUT2D eigenvalue weighted by Gasteiger charge is 2.26. The first kappa shape index (κ1) is 16.4. The smallest absolute Gasteiger partial charge is 0.324 e. The summed E-state index contributed by atoms with van der Waals surface area (Å²) in [5.41, 5.74) is 2.91. The zero-order valence-corrected chi connectivity index (χ0v) is 14.6. The molecule has 132 valence electrons. The molecule has 1 aliphatic rings. The van der Waals surface area contributed by atoms with E-state index < -0.39 is 5.69 Å². The van der Waals surface area contributed by atoms with Gasteiger partial charge in [0.05, 0.1) is 5.69 Å². The maximum Gasteiger partial charge on any atom is 0.334 e. The number of aromatic nitrogens is 2. The van der Waals surface area contributed by atoms with Crippen molar-refractivity contribution in [3.05, 3.63) is 92.1 Å². The number of aromatic amines is 1. The topological polar surface area (TPSA) is 71.3 Å². The maximum absolute atomic E-state index is 12.5. The van der Waals surface area contributed by atoms with Gasteiger partial charge in [0.15, 0.2) is 6.67 Å². The Bertz CT molecular complexity index is 1050. The van der Waals surface area contributed by atoms with E-state index in [1.807, 2.05) is 49.4 Å². The van der Waals surface area contributed by atoms with Crippen LogP contribution >= 0.6 is 0 Å². The van der Waals surface area contributed by atoms with Crippen molar-refractivity contribution in [2.45, 2.75) is 20.0 Å². The highest BCUT2D eigenvalue weighted by Crippen LogP contribution is 2.17. The third-order valence-corrected chi connectivity index (χ3v) is 4.70. The van der Waals surface area contributed by atoms with Crippen LogP contribution in [0, 0.1) is 6.92 Å². The third-order valence-electron chi connectivity index (χ3n) is 4.70. The highest BCUT2D eigenvalue weighted by atomic mass is 16.2. The van der Waals surface area contributed by atoms with Crippen LogP contribution in [0.2, 0.25) is 0 Å². The minimum atomic E-state index is -0.418. The quantitative estimate of drug-likeness (QED) is 0.655. The molecule has 26 heavy (non-hydrogen) atoms. The molecule has 0 aliphatic carbocycles. The lowest BCUT2D eigenvalue weighted by atomic mass is 10.1. The molecule has 1 aliphatic heterocycles. The van der Waals surface area contributed by atoms with E-state index in [-0.39, 0.29) is 5.56 Å². The maximum atomic E-state index is 12.5. The van der Waals surface area contributed by atoms with Crippen molar-refractivity contribution in [2.24, 2.45) is 0 Å². The summed E-state index contributed by atoms with van der Waals surface area (Å²) in [7, 11) is 0. The van der Waals surface area contributed by atoms with E-state index in [0.717, 1.165) is 17.8 Å². The SMILES string of the molecule is Cc1cccc(-n2c3c(c(=O)[nH]c2=O)C[NH+](Cc2ccccc2)CN3)c1. The summed E-state index contributed by atoms with van der Waals surface area (Å²) in [4.78, 5) is 28.6. The number of benzene rings is 2. The van der Waals surface area contributed by atoms with Crippen LogP contribution in [-0.2, 0) is 13.1 Å². The second-order valence-corrected chi connectivity index (χ2v) is 6.70. The van der Waals surface area contributed by atoms with Crippen LogP contribution in [0.3, 0.4) is 0 Å². The van der Waals surface area contributed by atoms with Gasteiger partial charge in [0.2, 0.25) is 0 Å². The van der Waals surface area contributed by atoms with Gasteiger partial charge < -0.3 is 10.2 Å². The first-order valence-corrected chi connectivity index (χ1v) is 8.68. The lowest BCUT2D eigenvalue weighted by molar-refractivity contribution is -0.926. The van der Waals surface area contributed by atoms with Crippen molar-refractivity contribution in [1.82, 2.24) is 9.55 Å². The first-order chi connectivity index (χ1) is 12.6. The predicted octanol–water partition coefficient (Wildman–Crippen LogP) is 0.802. The monoisotopic (exact) mass is 349 g/mol. The molecule has 3 N–H and O–H groups in total. The molecule has 4 rings (SSSR count). The van der Waals surface area contributed by atoms with Gasteiger partial charge in [0.1, 0.15) is 24.5 Å². The summed E-state index contributed by atoms with van der Waals surface area (Å²) >= 11 is 0. The number of anilines is 1. The number of fused-ring (bicyclic) bond motifs is 1. The fourth-order valence-electron chi connectivity index (χ4n) is 3.47. The first-order valence-electron chi connectivity index (χ1n) is 8.68. The molecular weight excluding hydrogens is 328 g/mol. The van der Waals surface area contributed by atoms with Crippen molar-refractivity contribution < 1.29 is 4.90 Å². The van der Waals surface area contributed by atoms with Gasteiger partial charge >= 0.3 is 5.69 Å². The molecule has 6 nitrogen and oxygen atoms in total. The Kier molecular flexibility index (Phi) is 4.18. The molecule has 0 amide bonds. The van der Waals surface area contributed by atoms with E-state index in [2.05, 4.69) is 22.4 Å². The second-order valence-electron chi connectivity index (χ2n) is 6.70. The number of rotatable bonds is 3. The third kappa shape index (κ3) is 3.07. The zero-order valence-electron chi connectivity index (χ0n) is 14.6. The molecule has 2 heterocycles. The zero-order chi connectivity index (χ0) is 18.1. The molecule has 0 saturated carbocycles. The number of aryl methyl sites for hydroxylation is 1. The Morgan fingerprint density at radius 1 is 1.08 bits per heavy atom.